The third-order valence-electron chi connectivity index (χ3n) is 2.97. The zero-order valence-electron chi connectivity index (χ0n) is 8.83. The molecule has 0 saturated carbocycles. The first-order valence-electron chi connectivity index (χ1n) is 5.20. The quantitative estimate of drug-likeness (QED) is 0.740. The van der Waals surface area contributed by atoms with Crippen molar-refractivity contribution in [3.8, 4) is 0 Å². The minimum Gasteiger partial charge on any atom is -0.465 e. The van der Waals surface area contributed by atoms with Gasteiger partial charge in [0, 0.05) is 19.3 Å². The number of aromatic nitrogens is 3. The van der Waals surface area contributed by atoms with Crippen molar-refractivity contribution < 1.29 is 9.90 Å². The van der Waals surface area contributed by atoms with Gasteiger partial charge >= 0.3 is 11.8 Å². The topological polar surface area (TPSA) is 91.2 Å². The van der Waals surface area contributed by atoms with E-state index in [1.807, 2.05) is 0 Å². The standard InChI is InChI=1S/C10H10N4O3/c15-9-12-7-2-1-3-11-8(7)14(9)6-4-13(5-6)10(16)17/h1-3,6H,4-5H2,(H,12,15)(H,16,17). The summed E-state index contributed by atoms with van der Waals surface area (Å²) in [5.41, 5.74) is 1.01. The average Bonchev–Trinajstić information content (AvgIpc) is 2.53. The molecule has 0 bridgehead atoms. The van der Waals surface area contributed by atoms with E-state index in [1.54, 1.807) is 18.3 Å². The van der Waals surface area contributed by atoms with Crippen molar-refractivity contribution in [3.63, 3.8) is 0 Å². The molecule has 7 heteroatoms. The molecule has 88 valence electrons. The van der Waals surface area contributed by atoms with Crippen LogP contribution in [0.4, 0.5) is 4.79 Å². The van der Waals surface area contributed by atoms with E-state index in [-0.39, 0.29) is 11.7 Å². The third-order valence-corrected chi connectivity index (χ3v) is 2.97. The zero-order chi connectivity index (χ0) is 12.0. The second kappa shape index (κ2) is 3.34. The number of amides is 1. The van der Waals surface area contributed by atoms with Crippen LogP contribution in [0.25, 0.3) is 11.2 Å². The van der Waals surface area contributed by atoms with Gasteiger partial charge in [-0.1, -0.05) is 0 Å². The first-order chi connectivity index (χ1) is 8.16. The number of nitrogens with zero attached hydrogens (tertiary/aromatic N) is 3. The van der Waals surface area contributed by atoms with Crippen molar-refractivity contribution in [3.05, 3.63) is 28.8 Å². The van der Waals surface area contributed by atoms with Crippen LogP contribution in [0.1, 0.15) is 6.04 Å². The zero-order valence-corrected chi connectivity index (χ0v) is 8.83. The van der Waals surface area contributed by atoms with Gasteiger partial charge in [-0.25, -0.2) is 14.6 Å². The molecule has 2 N–H and O–H groups in total. The molecule has 2 aromatic rings. The Hall–Kier alpha value is -2.31. The van der Waals surface area contributed by atoms with E-state index in [9.17, 15) is 9.59 Å². The number of fused-ring (bicyclic) bond motifs is 1. The Morgan fingerprint density at radius 1 is 1.53 bits per heavy atom. The molecule has 1 aliphatic heterocycles. The molecule has 2 aromatic heterocycles. The van der Waals surface area contributed by atoms with Gasteiger partial charge in [0.1, 0.15) is 0 Å². The highest BCUT2D eigenvalue weighted by molar-refractivity contribution is 5.71. The number of hydrogen-bond acceptors (Lipinski definition) is 3. The number of nitrogens with one attached hydrogen (secondary N) is 1. The molecule has 0 aromatic carbocycles. The van der Waals surface area contributed by atoms with E-state index < -0.39 is 6.09 Å². The largest absolute Gasteiger partial charge is 0.465 e. The molecule has 0 unspecified atom stereocenters. The summed E-state index contributed by atoms with van der Waals surface area (Å²) >= 11 is 0. The lowest BCUT2D eigenvalue weighted by molar-refractivity contribution is 0.0857. The number of aromatic amines is 1. The Kier molecular flexibility index (Phi) is 1.94. The molecule has 0 atom stereocenters. The predicted octanol–water partition coefficient (Wildman–Crippen LogP) is 0.259. The Labute approximate surface area is 95.3 Å². The Morgan fingerprint density at radius 2 is 2.29 bits per heavy atom. The first-order valence-corrected chi connectivity index (χ1v) is 5.20. The van der Waals surface area contributed by atoms with Crippen LogP contribution in [-0.4, -0.2) is 43.7 Å². The van der Waals surface area contributed by atoms with E-state index >= 15 is 0 Å². The van der Waals surface area contributed by atoms with Crippen molar-refractivity contribution in [1.82, 2.24) is 19.4 Å². The maximum atomic E-state index is 11.8. The molecule has 7 nitrogen and oxygen atoms in total. The summed E-state index contributed by atoms with van der Waals surface area (Å²) in [7, 11) is 0. The molecule has 0 spiro atoms. The predicted molar refractivity (Wildman–Crippen MR) is 59.0 cm³/mol. The highest BCUT2D eigenvalue weighted by Crippen LogP contribution is 2.22. The molecule has 1 fully saturated rings. The van der Waals surface area contributed by atoms with Gasteiger partial charge in [0.15, 0.2) is 5.65 Å². The van der Waals surface area contributed by atoms with Crippen molar-refractivity contribution in [2.45, 2.75) is 6.04 Å². The fourth-order valence-corrected chi connectivity index (χ4v) is 2.07. The minimum atomic E-state index is -0.956. The SMILES string of the molecule is O=C(O)N1CC(n2c(=O)[nH]c3cccnc32)C1. The Balaban J connectivity index is 1.99. The highest BCUT2D eigenvalue weighted by atomic mass is 16.4. The van der Waals surface area contributed by atoms with Crippen molar-refractivity contribution in [1.29, 1.82) is 0 Å². The molecule has 0 aliphatic carbocycles. The molecule has 17 heavy (non-hydrogen) atoms. The minimum absolute atomic E-state index is 0.123. The summed E-state index contributed by atoms with van der Waals surface area (Å²) in [5, 5.41) is 8.75. The highest BCUT2D eigenvalue weighted by Gasteiger charge is 2.33. The number of carboxylic acid groups (broad SMARTS) is 1. The first kappa shape index (κ1) is 9.88. The van der Waals surface area contributed by atoms with E-state index in [0.717, 1.165) is 0 Å². The van der Waals surface area contributed by atoms with Gasteiger partial charge in [-0.15, -0.1) is 0 Å². The lowest BCUT2D eigenvalue weighted by atomic mass is 10.1. The van der Waals surface area contributed by atoms with Crippen molar-refractivity contribution in [2.75, 3.05) is 13.1 Å². The fraction of sp³-hybridized carbons (Fsp3) is 0.300. The van der Waals surface area contributed by atoms with Crippen LogP contribution in [0, 0.1) is 0 Å². The molecule has 3 heterocycles. The summed E-state index contributed by atoms with van der Waals surface area (Å²) in [6, 6.07) is 3.39. The summed E-state index contributed by atoms with van der Waals surface area (Å²) in [4.78, 5) is 30.5. The summed E-state index contributed by atoms with van der Waals surface area (Å²) in [5.74, 6) is 0. The third kappa shape index (κ3) is 1.39. The van der Waals surface area contributed by atoms with Gasteiger partial charge in [0.2, 0.25) is 0 Å². The number of imidazole rings is 1. The summed E-state index contributed by atoms with van der Waals surface area (Å²) in [6.45, 7) is 0.664. The lowest BCUT2D eigenvalue weighted by Crippen LogP contribution is -2.52. The summed E-state index contributed by atoms with van der Waals surface area (Å²) < 4.78 is 1.52. The van der Waals surface area contributed by atoms with Crippen LogP contribution in [0.2, 0.25) is 0 Å². The van der Waals surface area contributed by atoms with Gasteiger partial charge in [-0.3, -0.25) is 4.57 Å². The fourth-order valence-electron chi connectivity index (χ4n) is 2.07. The van der Waals surface area contributed by atoms with Crippen LogP contribution in [0.15, 0.2) is 23.1 Å². The van der Waals surface area contributed by atoms with Gasteiger partial charge < -0.3 is 15.0 Å². The smallest absolute Gasteiger partial charge is 0.407 e. The molecule has 0 radical (unpaired) electrons. The Bertz CT molecular complexity index is 638. The Morgan fingerprint density at radius 3 is 3.00 bits per heavy atom. The van der Waals surface area contributed by atoms with E-state index in [1.165, 1.54) is 9.47 Å². The number of likely N-dealkylation sites (tertiary alicyclic amines) is 1. The maximum Gasteiger partial charge on any atom is 0.407 e. The normalized spacial score (nSPS) is 16.1. The monoisotopic (exact) mass is 234 g/mol. The number of hydrogen-bond donors (Lipinski definition) is 2. The van der Waals surface area contributed by atoms with Crippen LogP contribution in [0.3, 0.4) is 0 Å². The molecule has 3 rings (SSSR count). The number of H-pyrrole nitrogens is 1. The van der Waals surface area contributed by atoms with Crippen LogP contribution < -0.4 is 5.69 Å². The molecule has 1 amide bonds. The molecular weight excluding hydrogens is 224 g/mol. The van der Waals surface area contributed by atoms with E-state index in [4.69, 9.17) is 5.11 Å². The van der Waals surface area contributed by atoms with E-state index in [2.05, 4.69) is 9.97 Å². The molecule has 1 aliphatic rings. The molecule has 1 saturated heterocycles. The van der Waals surface area contributed by atoms with Gasteiger partial charge in [0.05, 0.1) is 11.6 Å². The van der Waals surface area contributed by atoms with Crippen LogP contribution in [0.5, 0.6) is 0 Å². The van der Waals surface area contributed by atoms with Gasteiger partial charge in [-0.05, 0) is 12.1 Å². The average molecular weight is 234 g/mol. The maximum absolute atomic E-state index is 11.8. The van der Waals surface area contributed by atoms with Gasteiger partial charge in [-0.2, -0.15) is 0 Å². The van der Waals surface area contributed by atoms with Crippen molar-refractivity contribution in [2.24, 2.45) is 0 Å². The van der Waals surface area contributed by atoms with Gasteiger partial charge in [0.25, 0.3) is 0 Å². The second-order valence-electron chi connectivity index (χ2n) is 4.02. The number of carbonyl (C=O) groups is 1. The molecular formula is C10H10N4O3. The van der Waals surface area contributed by atoms with Crippen LogP contribution in [-0.2, 0) is 0 Å². The summed E-state index contributed by atoms with van der Waals surface area (Å²) in [6.07, 6.45) is 0.654. The van der Waals surface area contributed by atoms with E-state index in [0.29, 0.717) is 24.3 Å². The lowest BCUT2D eigenvalue weighted by Gasteiger charge is -2.37. The second-order valence-corrected chi connectivity index (χ2v) is 4.02. The van der Waals surface area contributed by atoms with Crippen LogP contribution >= 0.6 is 0 Å². The number of pyridine rings is 1. The van der Waals surface area contributed by atoms with Crippen molar-refractivity contribution >= 4 is 17.3 Å². The number of rotatable bonds is 1.